The van der Waals surface area contributed by atoms with Gasteiger partial charge in [-0.2, -0.15) is 0 Å². The van der Waals surface area contributed by atoms with Crippen molar-refractivity contribution >= 4 is 40.9 Å². The summed E-state index contributed by atoms with van der Waals surface area (Å²) in [5, 5.41) is 5.32. The molecular formula is C24H20ClFN6O4. The van der Waals surface area contributed by atoms with Gasteiger partial charge in [-0.1, -0.05) is 17.7 Å². The van der Waals surface area contributed by atoms with Crippen LogP contribution in [0.2, 0.25) is 5.02 Å². The molecule has 0 aliphatic carbocycles. The fraction of sp³-hybridized carbons (Fsp3) is 0.250. The minimum Gasteiger partial charge on any atom is -0.490 e. The van der Waals surface area contributed by atoms with Crippen LogP contribution in [0.1, 0.15) is 6.42 Å². The van der Waals surface area contributed by atoms with Crippen LogP contribution >= 0.6 is 11.6 Å². The number of benzene rings is 2. The summed E-state index contributed by atoms with van der Waals surface area (Å²) < 4.78 is 19.9. The minimum atomic E-state index is -0.649. The average molecular weight is 511 g/mol. The Hall–Kier alpha value is -4.12. The van der Waals surface area contributed by atoms with E-state index in [-0.39, 0.29) is 17.3 Å². The summed E-state index contributed by atoms with van der Waals surface area (Å²) in [4.78, 5) is 47.0. The van der Waals surface area contributed by atoms with Gasteiger partial charge in [-0.25, -0.2) is 19.2 Å². The van der Waals surface area contributed by atoms with Crippen molar-refractivity contribution < 1.29 is 18.7 Å². The highest BCUT2D eigenvalue weighted by Crippen LogP contribution is 2.36. The highest BCUT2D eigenvalue weighted by molar-refractivity contribution is 6.30. The van der Waals surface area contributed by atoms with Crippen molar-refractivity contribution in [1.29, 1.82) is 0 Å². The van der Waals surface area contributed by atoms with Crippen molar-refractivity contribution in [3.8, 4) is 16.9 Å². The van der Waals surface area contributed by atoms with Crippen LogP contribution in [0, 0.1) is 16.6 Å². The van der Waals surface area contributed by atoms with Gasteiger partial charge in [0.25, 0.3) is 5.91 Å². The predicted octanol–water partition coefficient (Wildman–Crippen LogP) is 4.49. The molecule has 10 nitrogen and oxygen atoms in total. The fourth-order valence-electron chi connectivity index (χ4n) is 4.24. The monoisotopic (exact) mass is 510 g/mol. The van der Waals surface area contributed by atoms with E-state index >= 15 is 0 Å². The smallest absolute Gasteiger partial charge is 0.326 e. The average Bonchev–Trinajstić information content (AvgIpc) is 3.39. The number of hydrogen-bond acceptors (Lipinski definition) is 7. The Morgan fingerprint density at radius 3 is 2.67 bits per heavy atom. The first-order valence-corrected chi connectivity index (χ1v) is 11.6. The van der Waals surface area contributed by atoms with Crippen LogP contribution in [0.4, 0.5) is 26.5 Å². The van der Waals surface area contributed by atoms with E-state index in [1.54, 1.807) is 24.5 Å². The number of ether oxygens (including phenoxy) is 1. The van der Waals surface area contributed by atoms with Crippen molar-refractivity contribution in [3.05, 3.63) is 64.5 Å². The second kappa shape index (κ2) is 9.86. The quantitative estimate of drug-likeness (QED) is 0.514. The molecule has 3 heterocycles. The number of rotatable bonds is 4. The molecule has 36 heavy (non-hydrogen) atoms. The molecule has 2 aliphatic rings. The Kier molecular flexibility index (Phi) is 6.47. The maximum atomic E-state index is 14.1. The SMILES string of the molecule is O=NC(=O)C1CCN(c2ncc(-c3ccc4c(c3)OCCN4C(=O)Nc3ccc(Cl)cc3F)cn2)C1. The lowest BCUT2D eigenvalue weighted by Gasteiger charge is -2.30. The third kappa shape index (κ3) is 4.69. The molecule has 0 bridgehead atoms. The molecule has 5 rings (SSSR count). The van der Waals surface area contributed by atoms with Crippen LogP contribution in [0.5, 0.6) is 5.75 Å². The maximum absolute atomic E-state index is 14.1. The van der Waals surface area contributed by atoms with E-state index in [0.29, 0.717) is 43.4 Å². The Morgan fingerprint density at radius 2 is 1.92 bits per heavy atom. The first-order chi connectivity index (χ1) is 17.4. The topological polar surface area (TPSA) is 117 Å². The first-order valence-electron chi connectivity index (χ1n) is 11.2. The van der Waals surface area contributed by atoms with Gasteiger partial charge < -0.3 is 15.0 Å². The summed E-state index contributed by atoms with van der Waals surface area (Å²) in [5.41, 5.74) is 2.09. The molecule has 1 unspecified atom stereocenters. The lowest BCUT2D eigenvalue weighted by Crippen LogP contribution is -2.40. The largest absolute Gasteiger partial charge is 0.490 e. The van der Waals surface area contributed by atoms with E-state index in [2.05, 4.69) is 20.5 Å². The maximum Gasteiger partial charge on any atom is 0.326 e. The van der Waals surface area contributed by atoms with Gasteiger partial charge in [-0.15, -0.1) is 4.91 Å². The summed E-state index contributed by atoms with van der Waals surface area (Å²) >= 11 is 5.78. The van der Waals surface area contributed by atoms with Gasteiger partial charge in [0.15, 0.2) is 0 Å². The van der Waals surface area contributed by atoms with Gasteiger partial charge in [0.05, 0.1) is 23.8 Å². The number of urea groups is 1. The van der Waals surface area contributed by atoms with Crippen LogP contribution in [-0.2, 0) is 4.79 Å². The van der Waals surface area contributed by atoms with Crippen molar-refractivity contribution in [2.45, 2.75) is 6.42 Å². The molecule has 2 aromatic carbocycles. The lowest BCUT2D eigenvalue weighted by atomic mass is 10.1. The van der Waals surface area contributed by atoms with Gasteiger partial charge in [-0.05, 0) is 42.3 Å². The summed E-state index contributed by atoms with van der Waals surface area (Å²) in [7, 11) is 0. The van der Waals surface area contributed by atoms with Crippen LogP contribution in [0.15, 0.2) is 54.0 Å². The highest BCUT2D eigenvalue weighted by Gasteiger charge is 2.30. The van der Waals surface area contributed by atoms with Crippen LogP contribution in [0.25, 0.3) is 11.1 Å². The number of fused-ring (bicyclic) bond motifs is 1. The number of nitrogens with one attached hydrogen (secondary N) is 1. The zero-order chi connectivity index (χ0) is 25.2. The van der Waals surface area contributed by atoms with E-state index in [0.717, 1.165) is 17.2 Å². The normalized spacial score (nSPS) is 16.8. The van der Waals surface area contributed by atoms with E-state index in [1.807, 2.05) is 11.0 Å². The van der Waals surface area contributed by atoms with Gasteiger partial charge in [0.1, 0.15) is 18.2 Å². The summed E-state index contributed by atoms with van der Waals surface area (Å²) in [6, 6.07) is 8.90. The Bertz CT molecular complexity index is 1340. The molecule has 184 valence electrons. The fourth-order valence-corrected chi connectivity index (χ4v) is 4.39. The third-order valence-electron chi connectivity index (χ3n) is 6.12. The van der Waals surface area contributed by atoms with E-state index in [9.17, 15) is 18.9 Å². The molecule has 1 atom stereocenters. The molecule has 1 aromatic heterocycles. The summed E-state index contributed by atoms with van der Waals surface area (Å²) in [6.07, 6.45) is 3.86. The molecule has 0 radical (unpaired) electrons. The molecule has 1 saturated heterocycles. The van der Waals surface area contributed by atoms with Crippen LogP contribution < -0.4 is 19.9 Å². The molecule has 1 fully saturated rings. The van der Waals surface area contributed by atoms with Crippen molar-refractivity contribution in [3.63, 3.8) is 0 Å². The van der Waals surface area contributed by atoms with Crippen molar-refractivity contribution in [1.82, 2.24) is 9.97 Å². The van der Waals surface area contributed by atoms with Crippen molar-refractivity contribution in [2.75, 3.05) is 41.4 Å². The third-order valence-corrected chi connectivity index (χ3v) is 6.36. The Morgan fingerprint density at radius 1 is 1.11 bits per heavy atom. The standard InChI is InChI=1S/C24H20ClFN6O4/c25-17-2-3-19(18(26)10-17)29-24(34)32-7-8-36-21-9-14(1-4-20(21)32)16-11-27-23(28-12-16)31-6-5-15(13-31)22(33)30-35/h1-4,9-12,15H,5-8,13H2,(H,29,34). The number of anilines is 3. The number of carbonyl (C=O) groups is 2. The lowest BCUT2D eigenvalue weighted by molar-refractivity contribution is -0.121. The van der Waals surface area contributed by atoms with Crippen LogP contribution in [0.3, 0.4) is 0 Å². The Labute approximate surface area is 210 Å². The zero-order valence-corrected chi connectivity index (χ0v) is 19.6. The van der Waals surface area contributed by atoms with Gasteiger partial charge in [0.2, 0.25) is 5.95 Å². The van der Waals surface area contributed by atoms with Gasteiger partial charge in [0, 0.05) is 41.2 Å². The second-order valence-electron chi connectivity index (χ2n) is 8.37. The number of hydrogen-bond donors (Lipinski definition) is 1. The minimum absolute atomic E-state index is 0.0300. The molecule has 3 aromatic rings. The number of nitrogens with zero attached hydrogens (tertiary/aromatic N) is 5. The number of carbonyl (C=O) groups excluding carboxylic acids is 2. The molecule has 0 spiro atoms. The summed E-state index contributed by atoms with van der Waals surface area (Å²) in [5.74, 6) is -0.744. The van der Waals surface area contributed by atoms with Gasteiger partial charge in [-0.3, -0.25) is 9.69 Å². The van der Waals surface area contributed by atoms with E-state index < -0.39 is 23.7 Å². The molecule has 0 saturated carbocycles. The van der Waals surface area contributed by atoms with Crippen LogP contribution in [-0.4, -0.2) is 48.1 Å². The van der Waals surface area contributed by atoms with E-state index in [1.165, 1.54) is 17.0 Å². The Balaban J connectivity index is 1.31. The molecule has 1 N–H and O–H groups in total. The first kappa shape index (κ1) is 23.6. The van der Waals surface area contributed by atoms with Gasteiger partial charge >= 0.3 is 6.03 Å². The molecule has 2 aliphatic heterocycles. The number of halogens is 2. The predicted molar refractivity (Wildman–Crippen MR) is 132 cm³/mol. The van der Waals surface area contributed by atoms with Crippen molar-refractivity contribution in [2.24, 2.45) is 11.1 Å². The molecule has 12 heteroatoms. The number of amides is 3. The summed E-state index contributed by atoms with van der Waals surface area (Å²) in [6.45, 7) is 1.49. The number of aromatic nitrogens is 2. The second-order valence-corrected chi connectivity index (χ2v) is 8.81. The zero-order valence-electron chi connectivity index (χ0n) is 18.9. The molecular weight excluding hydrogens is 491 g/mol. The highest BCUT2D eigenvalue weighted by atomic mass is 35.5. The molecule has 3 amide bonds. The number of nitroso groups, excluding NO2 is 1. The van der Waals surface area contributed by atoms with E-state index in [4.69, 9.17) is 16.3 Å².